The molecule has 1 atom stereocenters. The molecule has 1 unspecified atom stereocenters. The van der Waals surface area contributed by atoms with E-state index in [4.69, 9.17) is 0 Å². The van der Waals surface area contributed by atoms with Crippen LogP contribution in [-0.4, -0.2) is 16.8 Å². The van der Waals surface area contributed by atoms with Crippen LogP contribution >= 0.6 is 11.8 Å². The van der Waals surface area contributed by atoms with Gasteiger partial charge in [0.2, 0.25) is 11.0 Å². The van der Waals surface area contributed by atoms with Crippen molar-refractivity contribution >= 4 is 28.5 Å². The minimum atomic E-state index is -0.466. The van der Waals surface area contributed by atoms with Crippen molar-refractivity contribution in [2.75, 3.05) is 11.1 Å². The summed E-state index contributed by atoms with van der Waals surface area (Å²) in [5.74, 6) is 0.107. The number of nitrogens with one attached hydrogen (secondary N) is 1. The first-order valence-corrected chi connectivity index (χ1v) is 6.19. The number of anilines is 1. The lowest BCUT2D eigenvalue weighted by Crippen LogP contribution is -2.25. The third-order valence-electron chi connectivity index (χ3n) is 2.57. The van der Waals surface area contributed by atoms with Gasteiger partial charge in [0.05, 0.1) is 0 Å². The minimum Gasteiger partial charge on any atom is -0.325 e. The minimum absolute atomic E-state index is 0.00962. The van der Waals surface area contributed by atoms with Gasteiger partial charge in [0, 0.05) is 11.4 Å². The van der Waals surface area contributed by atoms with E-state index in [-0.39, 0.29) is 11.0 Å². The van der Waals surface area contributed by atoms with Crippen LogP contribution in [0.1, 0.15) is 12.0 Å². The van der Waals surface area contributed by atoms with Gasteiger partial charge < -0.3 is 5.32 Å². The molecule has 1 fully saturated rings. The molecule has 1 saturated heterocycles. The number of hydrogen-bond acceptors (Lipinski definition) is 3. The number of rotatable bonds is 2. The van der Waals surface area contributed by atoms with E-state index in [2.05, 4.69) is 5.32 Å². The number of hydrogen-bond donors (Lipinski definition) is 1. The lowest BCUT2D eigenvalue weighted by molar-refractivity contribution is -0.126. The van der Waals surface area contributed by atoms with Crippen LogP contribution in [0.2, 0.25) is 0 Å². The van der Waals surface area contributed by atoms with Crippen LogP contribution in [0.4, 0.5) is 5.69 Å². The van der Waals surface area contributed by atoms with Gasteiger partial charge in [0.15, 0.2) is 0 Å². The maximum absolute atomic E-state index is 11.8. The van der Waals surface area contributed by atoms with Gasteiger partial charge in [0.25, 0.3) is 0 Å². The zero-order valence-electron chi connectivity index (χ0n) is 9.03. The summed E-state index contributed by atoms with van der Waals surface area (Å²) >= 11 is 1.25. The summed E-state index contributed by atoms with van der Waals surface area (Å²) in [5, 5.41) is 2.76. The highest BCUT2D eigenvalue weighted by atomic mass is 32.2. The molecule has 3 nitrogen and oxygen atoms in total. The van der Waals surface area contributed by atoms with Gasteiger partial charge in [-0.25, -0.2) is 0 Å². The van der Waals surface area contributed by atoms with E-state index < -0.39 is 5.92 Å². The highest BCUT2D eigenvalue weighted by Gasteiger charge is 2.31. The third kappa shape index (κ3) is 2.44. The first kappa shape index (κ1) is 11.2. The summed E-state index contributed by atoms with van der Waals surface area (Å²) in [6.45, 7) is 1.99. The molecule has 1 N–H and O–H groups in total. The lowest BCUT2D eigenvalue weighted by atomic mass is 10.1. The highest BCUT2D eigenvalue weighted by molar-refractivity contribution is 8.14. The Kier molecular flexibility index (Phi) is 3.29. The molecule has 0 aliphatic carbocycles. The second kappa shape index (κ2) is 4.70. The van der Waals surface area contributed by atoms with Gasteiger partial charge in [-0.3, -0.25) is 9.59 Å². The molecular formula is C12H13NO2S. The smallest absolute Gasteiger partial charge is 0.235 e. The molecule has 84 valence electrons. The summed E-state index contributed by atoms with van der Waals surface area (Å²) in [5.41, 5.74) is 1.89. The van der Waals surface area contributed by atoms with Crippen molar-refractivity contribution in [3.8, 4) is 0 Å². The second-order valence-corrected chi connectivity index (χ2v) is 4.96. The summed E-state index contributed by atoms with van der Waals surface area (Å²) < 4.78 is 0. The van der Waals surface area contributed by atoms with E-state index in [9.17, 15) is 9.59 Å². The molecule has 16 heavy (non-hydrogen) atoms. The average Bonchev–Trinajstić information content (AvgIpc) is 2.68. The normalized spacial score (nSPS) is 19.8. The molecule has 0 bridgehead atoms. The van der Waals surface area contributed by atoms with Gasteiger partial charge in [-0.05, 0) is 25.5 Å². The van der Waals surface area contributed by atoms with Crippen molar-refractivity contribution in [2.24, 2.45) is 5.92 Å². The number of carbonyl (C=O) groups is 2. The fraction of sp³-hybridized carbons (Fsp3) is 0.333. The Labute approximate surface area is 98.6 Å². The van der Waals surface area contributed by atoms with Gasteiger partial charge in [-0.2, -0.15) is 0 Å². The van der Waals surface area contributed by atoms with E-state index >= 15 is 0 Å². The molecule has 1 aliphatic rings. The van der Waals surface area contributed by atoms with Crippen molar-refractivity contribution in [1.29, 1.82) is 0 Å². The van der Waals surface area contributed by atoms with Crippen molar-refractivity contribution < 1.29 is 9.59 Å². The SMILES string of the molecule is Cc1ccc(NC(=O)C2CCSC2=O)cc1. The molecule has 1 heterocycles. The molecule has 4 heteroatoms. The quantitative estimate of drug-likeness (QED) is 0.799. The van der Waals surface area contributed by atoms with E-state index in [1.54, 1.807) is 0 Å². The second-order valence-electron chi connectivity index (χ2n) is 3.86. The maximum Gasteiger partial charge on any atom is 0.235 e. The van der Waals surface area contributed by atoms with Gasteiger partial charge in [0.1, 0.15) is 5.92 Å². The van der Waals surface area contributed by atoms with Crippen molar-refractivity contribution in [3.05, 3.63) is 29.8 Å². The van der Waals surface area contributed by atoms with Gasteiger partial charge in [-0.15, -0.1) is 0 Å². The molecule has 0 spiro atoms. The Hall–Kier alpha value is -1.29. The molecule has 0 saturated carbocycles. The fourth-order valence-electron chi connectivity index (χ4n) is 1.60. The maximum atomic E-state index is 11.8. The summed E-state index contributed by atoms with van der Waals surface area (Å²) in [6.07, 6.45) is 0.654. The zero-order valence-corrected chi connectivity index (χ0v) is 9.84. The Bertz CT molecular complexity index is 414. The topological polar surface area (TPSA) is 46.2 Å². The molecular weight excluding hydrogens is 222 g/mol. The predicted molar refractivity (Wildman–Crippen MR) is 65.4 cm³/mol. The van der Waals surface area contributed by atoms with Crippen molar-refractivity contribution in [1.82, 2.24) is 0 Å². The molecule has 1 aromatic rings. The Balaban J connectivity index is 2.02. The van der Waals surface area contributed by atoms with Crippen LogP contribution in [0.15, 0.2) is 24.3 Å². The molecule has 0 aromatic heterocycles. The molecule has 1 aromatic carbocycles. The highest BCUT2D eigenvalue weighted by Crippen LogP contribution is 2.26. The number of aryl methyl sites for hydroxylation is 1. The average molecular weight is 235 g/mol. The van der Waals surface area contributed by atoms with Crippen LogP contribution in [0.5, 0.6) is 0 Å². The Morgan fingerprint density at radius 2 is 2.06 bits per heavy atom. The molecule has 1 amide bonds. The largest absolute Gasteiger partial charge is 0.325 e. The van der Waals surface area contributed by atoms with E-state index in [0.29, 0.717) is 6.42 Å². The standard InChI is InChI=1S/C12H13NO2S/c1-8-2-4-9(5-3-8)13-11(14)10-6-7-16-12(10)15/h2-5,10H,6-7H2,1H3,(H,13,14). The third-order valence-corrected chi connectivity index (χ3v) is 3.58. The van der Waals surface area contributed by atoms with E-state index in [0.717, 1.165) is 17.0 Å². The van der Waals surface area contributed by atoms with Crippen LogP contribution in [0.3, 0.4) is 0 Å². The van der Waals surface area contributed by atoms with Crippen LogP contribution in [0.25, 0.3) is 0 Å². The summed E-state index contributed by atoms with van der Waals surface area (Å²) in [7, 11) is 0. The molecule has 0 radical (unpaired) electrons. The van der Waals surface area contributed by atoms with Gasteiger partial charge in [-0.1, -0.05) is 29.5 Å². The number of thioether (sulfide) groups is 1. The van der Waals surface area contributed by atoms with Crippen molar-refractivity contribution in [3.63, 3.8) is 0 Å². The Morgan fingerprint density at radius 3 is 2.62 bits per heavy atom. The Morgan fingerprint density at radius 1 is 1.38 bits per heavy atom. The fourth-order valence-corrected chi connectivity index (χ4v) is 2.58. The molecule has 1 aliphatic heterocycles. The predicted octanol–water partition coefficient (Wildman–Crippen LogP) is 2.21. The number of benzene rings is 1. The summed E-state index contributed by atoms with van der Waals surface area (Å²) in [4.78, 5) is 23.1. The first-order valence-electron chi connectivity index (χ1n) is 5.21. The first-order chi connectivity index (χ1) is 7.66. The van der Waals surface area contributed by atoms with Crippen LogP contribution < -0.4 is 5.32 Å². The monoisotopic (exact) mass is 235 g/mol. The van der Waals surface area contributed by atoms with Crippen molar-refractivity contribution in [2.45, 2.75) is 13.3 Å². The zero-order chi connectivity index (χ0) is 11.5. The van der Waals surface area contributed by atoms with Gasteiger partial charge >= 0.3 is 0 Å². The molecule has 2 rings (SSSR count). The summed E-state index contributed by atoms with van der Waals surface area (Å²) in [6, 6.07) is 7.56. The van der Waals surface area contributed by atoms with Crippen LogP contribution in [0, 0.1) is 12.8 Å². The van der Waals surface area contributed by atoms with Crippen LogP contribution in [-0.2, 0) is 9.59 Å². The lowest BCUT2D eigenvalue weighted by Gasteiger charge is -2.08. The van der Waals surface area contributed by atoms with E-state index in [1.165, 1.54) is 11.8 Å². The number of carbonyl (C=O) groups excluding carboxylic acids is 2. The number of amides is 1. The van der Waals surface area contributed by atoms with E-state index in [1.807, 2.05) is 31.2 Å².